The highest BCUT2D eigenvalue weighted by molar-refractivity contribution is 9.11. The van der Waals surface area contributed by atoms with Crippen LogP contribution < -0.4 is 10.1 Å². The lowest BCUT2D eigenvalue weighted by molar-refractivity contribution is 0.0869. The molecule has 1 aromatic carbocycles. The van der Waals surface area contributed by atoms with E-state index in [4.69, 9.17) is 4.74 Å². The summed E-state index contributed by atoms with van der Waals surface area (Å²) < 4.78 is 7.36. The van der Waals surface area contributed by atoms with Gasteiger partial charge in [0.1, 0.15) is 5.75 Å². The third-order valence-corrected chi connectivity index (χ3v) is 4.60. The van der Waals surface area contributed by atoms with Gasteiger partial charge in [-0.3, -0.25) is 0 Å². The van der Waals surface area contributed by atoms with Crippen LogP contribution in [0, 0.1) is 0 Å². The lowest BCUT2D eigenvalue weighted by atomic mass is 9.77. The van der Waals surface area contributed by atoms with Crippen molar-refractivity contribution in [1.82, 2.24) is 5.32 Å². The summed E-state index contributed by atoms with van der Waals surface area (Å²) in [6.45, 7) is 0.895. The summed E-state index contributed by atoms with van der Waals surface area (Å²) >= 11 is 6.98. The number of nitrogens with one attached hydrogen (secondary N) is 1. The van der Waals surface area contributed by atoms with Crippen molar-refractivity contribution in [2.24, 2.45) is 0 Å². The Morgan fingerprint density at radius 2 is 2.11 bits per heavy atom. The van der Waals surface area contributed by atoms with Crippen LogP contribution in [0.4, 0.5) is 0 Å². The minimum absolute atomic E-state index is 0.0835. The van der Waals surface area contributed by atoms with E-state index in [1.165, 1.54) is 6.42 Å². The van der Waals surface area contributed by atoms with Gasteiger partial charge in [0, 0.05) is 22.1 Å². The first kappa shape index (κ1) is 14.3. The largest absolute Gasteiger partial charge is 0.495 e. The summed E-state index contributed by atoms with van der Waals surface area (Å²) in [6, 6.07) is 4.01. The predicted molar refractivity (Wildman–Crippen MR) is 78.9 cm³/mol. The molecule has 1 aliphatic carbocycles. The van der Waals surface area contributed by atoms with Gasteiger partial charge in [0.2, 0.25) is 0 Å². The Balaban J connectivity index is 2.13. The van der Waals surface area contributed by atoms with Crippen LogP contribution in [0.3, 0.4) is 0 Å². The number of methoxy groups -OCH3 is 1. The molecule has 18 heavy (non-hydrogen) atoms. The third-order valence-electron chi connectivity index (χ3n) is 3.56. The minimum Gasteiger partial charge on any atom is -0.495 e. The predicted octanol–water partition coefficient (Wildman–Crippen LogP) is 3.22. The average molecular weight is 379 g/mol. The van der Waals surface area contributed by atoms with E-state index >= 15 is 0 Å². The highest BCUT2D eigenvalue weighted by atomic mass is 79.9. The van der Waals surface area contributed by atoms with Gasteiger partial charge < -0.3 is 15.2 Å². The average Bonchev–Trinajstić information content (AvgIpc) is 2.27. The van der Waals surface area contributed by atoms with E-state index < -0.39 is 0 Å². The summed E-state index contributed by atoms with van der Waals surface area (Å²) in [6.07, 6.45) is 3.27. The first-order valence-corrected chi connectivity index (χ1v) is 7.57. The molecule has 0 bridgehead atoms. The molecule has 0 amide bonds. The molecule has 0 radical (unpaired) electrons. The van der Waals surface area contributed by atoms with Crippen molar-refractivity contribution in [2.75, 3.05) is 13.7 Å². The van der Waals surface area contributed by atoms with Crippen LogP contribution in [0.25, 0.3) is 0 Å². The molecule has 0 saturated heterocycles. The zero-order valence-electron chi connectivity index (χ0n) is 10.3. The molecule has 0 unspecified atom stereocenters. The number of hydrogen-bond donors (Lipinski definition) is 2. The van der Waals surface area contributed by atoms with Crippen molar-refractivity contribution in [1.29, 1.82) is 0 Å². The summed E-state index contributed by atoms with van der Waals surface area (Å²) in [5, 5.41) is 12.9. The van der Waals surface area contributed by atoms with Gasteiger partial charge in [-0.25, -0.2) is 0 Å². The Morgan fingerprint density at radius 1 is 1.39 bits per heavy atom. The van der Waals surface area contributed by atoms with E-state index in [9.17, 15) is 5.11 Å². The first-order chi connectivity index (χ1) is 8.60. The molecule has 0 aromatic heterocycles. The fourth-order valence-electron chi connectivity index (χ4n) is 2.25. The Kier molecular flexibility index (Phi) is 4.69. The number of benzene rings is 1. The van der Waals surface area contributed by atoms with Gasteiger partial charge in [-0.05, 0) is 47.3 Å². The molecule has 5 heteroatoms. The van der Waals surface area contributed by atoms with Crippen LogP contribution in [0.15, 0.2) is 21.1 Å². The second-order valence-corrected chi connectivity index (χ2v) is 6.50. The maximum atomic E-state index is 9.44. The minimum atomic E-state index is -0.0835. The molecule has 2 rings (SSSR count). The number of rotatable bonds is 5. The molecule has 0 heterocycles. The van der Waals surface area contributed by atoms with E-state index in [-0.39, 0.29) is 12.1 Å². The zero-order valence-corrected chi connectivity index (χ0v) is 13.5. The molecule has 0 spiro atoms. The molecule has 1 aliphatic rings. The van der Waals surface area contributed by atoms with Crippen molar-refractivity contribution in [3.05, 3.63) is 26.6 Å². The van der Waals surface area contributed by atoms with Gasteiger partial charge in [0.15, 0.2) is 0 Å². The Bertz CT molecular complexity index is 428. The number of ether oxygens (including phenoxy) is 1. The molecule has 100 valence electrons. The number of aliphatic hydroxyl groups is 1. The zero-order chi connectivity index (χ0) is 13.2. The van der Waals surface area contributed by atoms with Crippen molar-refractivity contribution in [3.63, 3.8) is 0 Å². The summed E-state index contributed by atoms with van der Waals surface area (Å²) in [5.41, 5.74) is 0.998. The van der Waals surface area contributed by atoms with Gasteiger partial charge in [0.25, 0.3) is 0 Å². The Labute approximate surface area is 124 Å². The highest BCUT2D eigenvalue weighted by Crippen LogP contribution is 2.35. The van der Waals surface area contributed by atoms with Crippen molar-refractivity contribution < 1.29 is 9.84 Å². The van der Waals surface area contributed by atoms with Gasteiger partial charge >= 0.3 is 0 Å². The maximum absolute atomic E-state index is 9.44. The van der Waals surface area contributed by atoms with E-state index in [0.29, 0.717) is 6.54 Å². The standard InChI is InChI=1S/C13H17Br2NO2/c1-18-12-9(5-10(14)6-11(12)15)7-16-13(8-17)3-2-4-13/h5-6,16-17H,2-4,7-8H2,1H3. The fourth-order valence-corrected chi connectivity index (χ4v) is 3.73. The molecule has 1 fully saturated rings. The first-order valence-electron chi connectivity index (χ1n) is 5.98. The molecular weight excluding hydrogens is 362 g/mol. The number of aliphatic hydroxyl groups excluding tert-OH is 1. The van der Waals surface area contributed by atoms with Crippen molar-refractivity contribution in [3.8, 4) is 5.75 Å². The smallest absolute Gasteiger partial charge is 0.137 e. The molecule has 2 N–H and O–H groups in total. The Morgan fingerprint density at radius 3 is 2.61 bits per heavy atom. The molecular formula is C13H17Br2NO2. The van der Waals surface area contributed by atoms with E-state index in [1.807, 2.05) is 12.1 Å². The molecule has 1 aromatic rings. The monoisotopic (exact) mass is 377 g/mol. The quantitative estimate of drug-likeness (QED) is 0.826. The fraction of sp³-hybridized carbons (Fsp3) is 0.538. The molecule has 0 atom stereocenters. The van der Waals surface area contributed by atoms with Crippen molar-refractivity contribution in [2.45, 2.75) is 31.3 Å². The summed E-state index contributed by atoms with van der Waals surface area (Å²) in [7, 11) is 1.67. The van der Waals surface area contributed by atoms with Crippen LogP contribution in [0.5, 0.6) is 5.75 Å². The summed E-state index contributed by atoms with van der Waals surface area (Å²) in [4.78, 5) is 0. The molecule has 0 aliphatic heterocycles. The van der Waals surface area contributed by atoms with Crippen LogP contribution in [0.1, 0.15) is 24.8 Å². The van der Waals surface area contributed by atoms with Gasteiger partial charge in [-0.2, -0.15) is 0 Å². The van der Waals surface area contributed by atoms with E-state index in [2.05, 4.69) is 37.2 Å². The van der Waals surface area contributed by atoms with E-state index in [0.717, 1.165) is 33.1 Å². The van der Waals surface area contributed by atoms with Crippen LogP contribution in [-0.2, 0) is 6.54 Å². The lowest BCUT2D eigenvalue weighted by Crippen LogP contribution is -2.53. The normalized spacial score (nSPS) is 17.3. The highest BCUT2D eigenvalue weighted by Gasteiger charge is 2.35. The van der Waals surface area contributed by atoms with Crippen LogP contribution in [-0.4, -0.2) is 24.4 Å². The second-order valence-electron chi connectivity index (χ2n) is 4.73. The maximum Gasteiger partial charge on any atom is 0.137 e. The second kappa shape index (κ2) is 5.90. The molecule has 3 nitrogen and oxygen atoms in total. The van der Waals surface area contributed by atoms with Gasteiger partial charge in [-0.15, -0.1) is 0 Å². The van der Waals surface area contributed by atoms with E-state index in [1.54, 1.807) is 7.11 Å². The topological polar surface area (TPSA) is 41.5 Å². The third kappa shape index (κ3) is 2.90. The number of halogens is 2. The van der Waals surface area contributed by atoms with Crippen LogP contribution in [0.2, 0.25) is 0 Å². The van der Waals surface area contributed by atoms with Crippen molar-refractivity contribution >= 4 is 31.9 Å². The lowest BCUT2D eigenvalue weighted by Gasteiger charge is -2.41. The Hall–Kier alpha value is -0.100. The van der Waals surface area contributed by atoms with Crippen LogP contribution >= 0.6 is 31.9 Å². The summed E-state index contributed by atoms with van der Waals surface area (Å²) in [5.74, 6) is 0.845. The van der Waals surface area contributed by atoms with Gasteiger partial charge in [0.05, 0.1) is 18.2 Å². The SMILES string of the molecule is COc1c(Br)cc(Br)cc1CNC1(CO)CCC1. The van der Waals surface area contributed by atoms with Gasteiger partial charge in [-0.1, -0.05) is 15.9 Å². The molecule has 1 saturated carbocycles. The number of hydrogen-bond acceptors (Lipinski definition) is 3.